The molecule has 0 spiro atoms. The number of Topliss-reactive ketones (excluding diaryl/α,β-unsaturated/α-hetero) is 1. The molecule has 2 atom stereocenters. The third-order valence-electron chi connectivity index (χ3n) is 5.00. The Hall–Kier alpha value is -1.95. The van der Waals surface area contributed by atoms with E-state index in [2.05, 4.69) is 10.6 Å². The first-order chi connectivity index (χ1) is 11.3. The summed E-state index contributed by atoms with van der Waals surface area (Å²) in [5.74, 6) is 0.959. The third-order valence-corrected chi connectivity index (χ3v) is 5.21. The van der Waals surface area contributed by atoms with E-state index < -0.39 is 0 Å². The molecule has 2 unspecified atom stereocenters. The van der Waals surface area contributed by atoms with Gasteiger partial charge in [0.1, 0.15) is 11.5 Å². The lowest BCUT2D eigenvalue weighted by Gasteiger charge is -2.51. The maximum atomic E-state index is 12.2. The first kappa shape index (κ1) is 18.4. The van der Waals surface area contributed by atoms with E-state index in [4.69, 9.17) is 17.0 Å². The zero-order valence-corrected chi connectivity index (χ0v) is 15.3. The van der Waals surface area contributed by atoms with Crippen molar-refractivity contribution >= 4 is 34.7 Å². The molecule has 2 N–H and O–H groups in total. The molecule has 0 radical (unpaired) electrons. The molecule has 2 rings (SSSR count). The maximum Gasteiger partial charge on any atom is 0.226 e. The lowest BCUT2D eigenvalue weighted by Crippen LogP contribution is -2.50. The van der Waals surface area contributed by atoms with Gasteiger partial charge in [-0.2, -0.15) is 0 Å². The lowest BCUT2D eigenvalue weighted by molar-refractivity contribution is -0.140. The van der Waals surface area contributed by atoms with Gasteiger partial charge >= 0.3 is 0 Å². The molecule has 1 aromatic rings. The molecule has 24 heavy (non-hydrogen) atoms. The number of carbonyl (C=O) groups is 2. The Morgan fingerprint density at radius 3 is 2.58 bits per heavy atom. The average molecular weight is 348 g/mol. The van der Waals surface area contributed by atoms with Crippen LogP contribution < -0.4 is 15.4 Å². The topological polar surface area (TPSA) is 67.4 Å². The summed E-state index contributed by atoms with van der Waals surface area (Å²) < 4.78 is 5.24. The van der Waals surface area contributed by atoms with E-state index in [1.165, 1.54) is 0 Å². The molecule has 0 heterocycles. The molecule has 0 aliphatic heterocycles. The monoisotopic (exact) mass is 348 g/mol. The number of ketones is 1. The van der Waals surface area contributed by atoms with Crippen molar-refractivity contribution in [1.29, 1.82) is 0 Å². The van der Waals surface area contributed by atoms with Gasteiger partial charge in [-0.1, -0.05) is 26.0 Å². The quantitative estimate of drug-likeness (QED) is 0.800. The largest absolute Gasteiger partial charge is 0.495 e. The maximum absolute atomic E-state index is 12.2. The Morgan fingerprint density at radius 1 is 1.33 bits per heavy atom. The number of nitrogens with one attached hydrogen (secondary N) is 2. The van der Waals surface area contributed by atoms with Crippen molar-refractivity contribution in [1.82, 2.24) is 5.32 Å². The van der Waals surface area contributed by atoms with E-state index in [0.717, 1.165) is 6.42 Å². The molecule has 1 saturated carbocycles. The zero-order chi connectivity index (χ0) is 17.9. The first-order valence-corrected chi connectivity index (χ1v) is 8.40. The van der Waals surface area contributed by atoms with E-state index in [0.29, 0.717) is 17.9 Å². The molecule has 0 aromatic heterocycles. The predicted molar refractivity (Wildman–Crippen MR) is 98.0 cm³/mol. The highest BCUT2D eigenvalue weighted by molar-refractivity contribution is 7.80. The van der Waals surface area contributed by atoms with Crippen molar-refractivity contribution in [3.63, 3.8) is 0 Å². The smallest absolute Gasteiger partial charge is 0.226 e. The van der Waals surface area contributed by atoms with E-state index in [1.54, 1.807) is 14.0 Å². The van der Waals surface area contributed by atoms with Crippen LogP contribution in [-0.2, 0) is 9.59 Å². The fourth-order valence-electron chi connectivity index (χ4n) is 3.36. The van der Waals surface area contributed by atoms with Crippen molar-refractivity contribution in [3.8, 4) is 5.75 Å². The standard InChI is InChI=1S/C18H24N2O3S/c1-11(21)13-9-12(18(13,2)3)10-16(22)20-17(24)19-14-7-5-6-8-15(14)23-4/h5-8,12-13H,9-10H2,1-4H3,(H2,19,20,22,24). The molecule has 1 amide bonds. The van der Waals surface area contributed by atoms with Gasteiger partial charge in [0.2, 0.25) is 5.91 Å². The summed E-state index contributed by atoms with van der Waals surface area (Å²) in [5, 5.41) is 5.91. The number of amides is 1. The van der Waals surface area contributed by atoms with Gasteiger partial charge in [0.25, 0.3) is 0 Å². The van der Waals surface area contributed by atoms with Crippen LogP contribution in [0.4, 0.5) is 5.69 Å². The summed E-state index contributed by atoms with van der Waals surface area (Å²) >= 11 is 5.20. The van der Waals surface area contributed by atoms with E-state index in [9.17, 15) is 9.59 Å². The van der Waals surface area contributed by atoms with Crippen LogP contribution >= 0.6 is 12.2 Å². The minimum absolute atomic E-state index is 0.0500. The number of hydrogen-bond acceptors (Lipinski definition) is 4. The van der Waals surface area contributed by atoms with Gasteiger partial charge < -0.3 is 15.4 Å². The number of ether oxygens (including phenoxy) is 1. The van der Waals surface area contributed by atoms with Gasteiger partial charge in [-0.25, -0.2) is 0 Å². The fourth-order valence-corrected chi connectivity index (χ4v) is 3.58. The van der Waals surface area contributed by atoms with Crippen LogP contribution in [0.3, 0.4) is 0 Å². The number of benzene rings is 1. The molecule has 1 aliphatic carbocycles. The van der Waals surface area contributed by atoms with Gasteiger partial charge in [-0.05, 0) is 49.0 Å². The highest BCUT2D eigenvalue weighted by atomic mass is 32.1. The summed E-state index contributed by atoms with van der Waals surface area (Å²) in [5.41, 5.74) is 0.562. The van der Waals surface area contributed by atoms with Gasteiger partial charge in [-0.15, -0.1) is 0 Å². The molecule has 0 saturated heterocycles. The molecule has 130 valence electrons. The van der Waals surface area contributed by atoms with Crippen molar-refractivity contribution in [2.24, 2.45) is 17.3 Å². The predicted octanol–water partition coefficient (Wildman–Crippen LogP) is 3.15. The van der Waals surface area contributed by atoms with Crippen molar-refractivity contribution < 1.29 is 14.3 Å². The van der Waals surface area contributed by atoms with Crippen LogP contribution in [0, 0.1) is 17.3 Å². The molecule has 5 nitrogen and oxygen atoms in total. The average Bonchev–Trinajstić information content (AvgIpc) is 2.51. The molecule has 1 aliphatic rings. The molecular weight excluding hydrogens is 324 g/mol. The highest BCUT2D eigenvalue weighted by Crippen LogP contribution is 2.53. The fraction of sp³-hybridized carbons (Fsp3) is 0.500. The summed E-state index contributed by atoms with van der Waals surface area (Å²) in [6.07, 6.45) is 1.13. The zero-order valence-electron chi connectivity index (χ0n) is 14.5. The van der Waals surface area contributed by atoms with Crippen LogP contribution in [0.2, 0.25) is 0 Å². The first-order valence-electron chi connectivity index (χ1n) is 8.00. The second-order valence-electron chi connectivity index (χ2n) is 6.82. The Bertz CT molecular complexity index is 657. The second kappa shape index (κ2) is 7.30. The molecule has 6 heteroatoms. The van der Waals surface area contributed by atoms with Crippen LogP contribution in [0.5, 0.6) is 5.75 Å². The van der Waals surface area contributed by atoms with Crippen molar-refractivity contribution in [2.75, 3.05) is 12.4 Å². The lowest BCUT2D eigenvalue weighted by atomic mass is 9.52. The summed E-state index contributed by atoms with van der Waals surface area (Å²) in [4.78, 5) is 23.8. The summed E-state index contributed by atoms with van der Waals surface area (Å²) in [6, 6.07) is 7.35. The highest BCUT2D eigenvalue weighted by Gasteiger charge is 2.50. The number of para-hydroxylation sites is 2. The van der Waals surface area contributed by atoms with Gasteiger partial charge in [0, 0.05) is 12.3 Å². The minimum atomic E-state index is -0.138. The third kappa shape index (κ3) is 3.93. The summed E-state index contributed by atoms with van der Waals surface area (Å²) in [7, 11) is 1.58. The molecule has 0 bridgehead atoms. The Kier molecular flexibility index (Phi) is 5.59. The van der Waals surface area contributed by atoms with E-state index >= 15 is 0 Å². The Balaban J connectivity index is 1.87. The number of anilines is 1. The van der Waals surface area contributed by atoms with Crippen LogP contribution in [0.15, 0.2) is 24.3 Å². The van der Waals surface area contributed by atoms with Gasteiger partial charge in [0.05, 0.1) is 12.8 Å². The molecular formula is C18H24N2O3S. The van der Waals surface area contributed by atoms with Crippen LogP contribution in [0.1, 0.15) is 33.6 Å². The van der Waals surface area contributed by atoms with Crippen LogP contribution in [-0.4, -0.2) is 23.9 Å². The summed E-state index contributed by atoms with van der Waals surface area (Å²) in [6.45, 7) is 5.72. The number of hydrogen-bond donors (Lipinski definition) is 2. The number of thiocarbonyl (C=S) groups is 1. The SMILES string of the molecule is COc1ccccc1NC(=S)NC(=O)CC1CC(C(C)=O)C1(C)C. The number of rotatable bonds is 5. The minimum Gasteiger partial charge on any atom is -0.495 e. The Morgan fingerprint density at radius 2 is 2.00 bits per heavy atom. The van der Waals surface area contributed by atoms with Gasteiger partial charge in [-0.3, -0.25) is 9.59 Å². The number of methoxy groups -OCH3 is 1. The number of carbonyl (C=O) groups excluding carboxylic acids is 2. The second-order valence-corrected chi connectivity index (χ2v) is 7.23. The molecule has 1 fully saturated rings. The van der Waals surface area contributed by atoms with Gasteiger partial charge in [0.15, 0.2) is 5.11 Å². The van der Waals surface area contributed by atoms with Crippen molar-refractivity contribution in [2.45, 2.75) is 33.6 Å². The molecule has 1 aromatic carbocycles. The normalized spacial score (nSPS) is 21.3. The van der Waals surface area contributed by atoms with E-state index in [1.807, 2.05) is 38.1 Å². The van der Waals surface area contributed by atoms with Crippen molar-refractivity contribution in [3.05, 3.63) is 24.3 Å². The Labute approximate surface area is 148 Å². The van der Waals surface area contributed by atoms with E-state index in [-0.39, 0.29) is 34.1 Å². The van der Waals surface area contributed by atoms with Crippen LogP contribution in [0.25, 0.3) is 0 Å².